The number of thioether (sulfide) groups is 1. The molecule has 118 valence electrons. The van der Waals surface area contributed by atoms with Crippen LogP contribution in [0.1, 0.15) is 5.56 Å². The van der Waals surface area contributed by atoms with Gasteiger partial charge in [0.15, 0.2) is 0 Å². The van der Waals surface area contributed by atoms with Crippen molar-refractivity contribution in [3.8, 4) is 5.75 Å². The topological polar surface area (TPSA) is 82.5 Å². The van der Waals surface area contributed by atoms with Gasteiger partial charge >= 0.3 is 0 Å². The van der Waals surface area contributed by atoms with E-state index in [4.69, 9.17) is 10.1 Å². The first-order valence-corrected chi connectivity index (χ1v) is 7.81. The maximum atomic E-state index is 11.8. The van der Waals surface area contributed by atoms with Crippen LogP contribution in [0.4, 0.5) is 10.5 Å². The average molecular weight is 329 g/mol. The molecule has 0 unspecified atom stereocenters. The second-order valence-electron chi connectivity index (χ2n) is 5.06. The Bertz CT molecular complexity index is 755. The molecule has 2 aliphatic heterocycles. The largest absolute Gasteiger partial charge is 0.495 e. The lowest BCUT2D eigenvalue weighted by molar-refractivity contribution is -0.115. The third-order valence-electron chi connectivity index (χ3n) is 3.50. The quantitative estimate of drug-likeness (QED) is 0.832. The number of carbonyl (C=O) groups excluding carboxylic acids is 2. The molecule has 1 aromatic carbocycles. The second kappa shape index (κ2) is 6.29. The molecule has 1 aromatic rings. The molecule has 0 atom stereocenters. The first-order valence-electron chi connectivity index (χ1n) is 6.99. The number of carbonyl (C=O) groups is 2. The maximum absolute atomic E-state index is 11.8. The first kappa shape index (κ1) is 15.4. The number of rotatable bonds is 3. The van der Waals surface area contributed by atoms with E-state index in [2.05, 4.69) is 5.32 Å². The van der Waals surface area contributed by atoms with Gasteiger partial charge in [0.1, 0.15) is 5.75 Å². The SMILES string of the molecule is COc1cccc(C=C2SC(=O)NC2=O)c1N1CC=CC(=N)C1. The van der Waals surface area contributed by atoms with Crippen LogP contribution in [0.2, 0.25) is 0 Å². The number of nitrogens with one attached hydrogen (secondary N) is 2. The second-order valence-corrected chi connectivity index (χ2v) is 6.07. The fourth-order valence-electron chi connectivity index (χ4n) is 2.54. The standard InChI is InChI=1S/C16H15N3O3S/c1-22-12-6-2-4-10(8-13-15(20)18-16(21)23-13)14(12)19-7-3-5-11(17)9-19/h2-6,8,17H,7,9H2,1H3,(H,18,20,21). The van der Waals surface area contributed by atoms with Gasteiger partial charge in [-0.3, -0.25) is 14.9 Å². The molecule has 0 aromatic heterocycles. The summed E-state index contributed by atoms with van der Waals surface area (Å²) in [6.45, 7) is 1.11. The summed E-state index contributed by atoms with van der Waals surface area (Å²) in [5.41, 5.74) is 2.09. The van der Waals surface area contributed by atoms with Gasteiger partial charge in [-0.1, -0.05) is 18.2 Å². The van der Waals surface area contributed by atoms with Crippen molar-refractivity contribution in [2.24, 2.45) is 0 Å². The fraction of sp³-hybridized carbons (Fsp3) is 0.188. The van der Waals surface area contributed by atoms with E-state index < -0.39 is 0 Å². The van der Waals surface area contributed by atoms with Gasteiger partial charge in [0.2, 0.25) is 0 Å². The molecule has 7 heteroatoms. The zero-order valence-corrected chi connectivity index (χ0v) is 13.3. The number of hydrogen-bond acceptors (Lipinski definition) is 6. The van der Waals surface area contributed by atoms with E-state index in [1.165, 1.54) is 0 Å². The predicted molar refractivity (Wildman–Crippen MR) is 91.2 cm³/mol. The van der Waals surface area contributed by atoms with Crippen molar-refractivity contribution >= 4 is 40.4 Å². The fourth-order valence-corrected chi connectivity index (χ4v) is 3.21. The Labute approximate surface area is 137 Å². The number of methoxy groups -OCH3 is 1. The molecule has 6 nitrogen and oxygen atoms in total. The summed E-state index contributed by atoms with van der Waals surface area (Å²) < 4.78 is 5.45. The number of hydrogen-bond donors (Lipinski definition) is 2. The Balaban J connectivity index is 2.05. The molecule has 0 radical (unpaired) electrons. The van der Waals surface area contributed by atoms with E-state index in [1.807, 2.05) is 29.2 Å². The lowest BCUT2D eigenvalue weighted by Crippen LogP contribution is -2.33. The summed E-state index contributed by atoms with van der Waals surface area (Å²) in [4.78, 5) is 25.5. The molecule has 0 saturated carbocycles. The first-order chi connectivity index (χ1) is 11.1. The van der Waals surface area contributed by atoms with E-state index in [9.17, 15) is 9.59 Å². The highest BCUT2D eigenvalue weighted by molar-refractivity contribution is 8.18. The van der Waals surface area contributed by atoms with Gasteiger partial charge in [0.25, 0.3) is 11.1 Å². The monoisotopic (exact) mass is 329 g/mol. The van der Waals surface area contributed by atoms with Crippen LogP contribution in [0.25, 0.3) is 6.08 Å². The summed E-state index contributed by atoms with van der Waals surface area (Å²) in [6.07, 6.45) is 5.38. The van der Waals surface area contributed by atoms with Crippen molar-refractivity contribution in [1.29, 1.82) is 5.41 Å². The van der Waals surface area contributed by atoms with Crippen molar-refractivity contribution in [3.05, 3.63) is 40.8 Å². The van der Waals surface area contributed by atoms with E-state index in [0.717, 1.165) is 23.0 Å². The zero-order valence-electron chi connectivity index (χ0n) is 12.5. The minimum absolute atomic E-state index is 0.354. The van der Waals surface area contributed by atoms with E-state index >= 15 is 0 Å². The van der Waals surface area contributed by atoms with Crippen LogP contribution in [0.3, 0.4) is 0 Å². The van der Waals surface area contributed by atoms with Gasteiger partial charge in [-0.25, -0.2) is 0 Å². The average Bonchev–Trinajstić information content (AvgIpc) is 2.84. The minimum Gasteiger partial charge on any atom is -0.495 e. The third kappa shape index (κ3) is 3.14. The molecular weight excluding hydrogens is 314 g/mol. The molecule has 2 heterocycles. The number of ether oxygens (including phenoxy) is 1. The van der Waals surface area contributed by atoms with Gasteiger partial charge in [0, 0.05) is 12.1 Å². The van der Waals surface area contributed by atoms with Crippen LogP contribution in [0, 0.1) is 5.41 Å². The van der Waals surface area contributed by atoms with Crippen molar-refractivity contribution in [1.82, 2.24) is 5.32 Å². The molecule has 0 spiro atoms. The van der Waals surface area contributed by atoms with Crippen LogP contribution in [-0.2, 0) is 4.79 Å². The highest BCUT2D eigenvalue weighted by Crippen LogP contribution is 2.36. The van der Waals surface area contributed by atoms with Crippen LogP contribution >= 0.6 is 11.8 Å². The number of benzene rings is 1. The normalized spacial score (nSPS) is 19.4. The van der Waals surface area contributed by atoms with Crippen molar-refractivity contribution in [2.45, 2.75) is 0 Å². The van der Waals surface area contributed by atoms with Crippen molar-refractivity contribution in [2.75, 3.05) is 25.1 Å². The molecule has 1 fully saturated rings. The predicted octanol–water partition coefficient (Wildman–Crippen LogP) is 2.42. The van der Waals surface area contributed by atoms with Gasteiger partial charge in [-0.2, -0.15) is 0 Å². The van der Waals surface area contributed by atoms with Gasteiger partial charge in [-0.15, -0.1) is 0 Å². The number of amides is 2. The molecule has 0 aliphatic carbocycles. The van der Waals surface area contributed by atoms with E-state index in [-0.39, 0.29) is 11.1 Å². The Kier molecular flexibility index (Phi) is 4.20. The highest BCUT2D eigenvalue weighted by Gasteiger charge is 2.26. The lowest BCUT2D eigenvalue weighted by atomic mass is 10.1. The molecule has 23 heavy (non-hydrogen) atoms. The van der Waals surface area contributed by atoms with Gasteiger partial charge in [-0.05, 0) is 30.0 Å². The zero-order chi connectivity index (χ0) is 16.4. The van der Waals surface area contributed by atoms with E-state index in [1.54, 1.807) is 19.3 Å². The molecule has 0 bridgehead atoms. The van der Waals surface area contributed by atoms with Crippen molar-refractivity contribution < 1.29 is 14.3 Å². The third-order valence-corrected chi connectivity index (χ3v) is 4.31. The summed E-state index contributed by atoms with van der Waals surface area (Å²) in [5, 5.41) is 9.73. The number of para-hydroxylation sites is 1. The Morgan fingerprint density at radius 3 is 2.87 bits per heavy atom. The Hall–Kier alpha value is -2.54. The van der Waals surface area contributed by atoms with Crippen LogP contribution < -0.4 is 15.0 Å². The summed E-state index contributed by atoms with van der Waals surface area (Å²) in [5.74, 6) is 0.275. The smallest absolute Gasteiger partial charge is 0.290 e. The van der Waals surface area contributed by atoms with E-state index in [0.29, 0.717) is 29.5 Å². The molecular formula is C16H15N3O3S. The summed E-state index contributed by atoms with van der Waals surface area (Å²) in [7, 11) is 1.58. The van der Waals surface area contributed by atoms with Crippen molar-refractivity contribution in [3.63, 3.8) is 0 Å². The molecule has 2 aliphatic rings. The van der Waals surface area contributed by atoms with Gasteiger partial charge < -0.3 is 15.0 Å². The summed E-state index contributed by atoms with van der Waals surface area (Å²) >= 11 is 0.884. The van der Waals surface area contributed by atoms with Crippen LogP contribution in [-0.4, -0.2) is 37.1 Å². The number of imide groups is 1. The van der Waals surface area contributed by atoms with Crippen LogP contribution in [0.5, 0.6) is 5.75 Å². The minimum atomic E-state index is -0.389. The number of anilines is 1. The Morgan fingerprint density at radius 2 is 2.22 bits per heavy atom. The Morgan fingerprint density at radius 1 is 1.39 bits per heavy atom. The van der Waals surface area contributed by atoms with Gasteiger partial charge in [0.05, 0.1) is 30.0 Å². The lowest BCUT2D eigenvalue weighted by Gasteiger charge is -2.29. The molecule has 3 rings (SSSR count). The summed E-state index contributed by atoms with van der Waals surface area (Å²) in [6, 6.07) is 5.54. The highest BCUT2D eigenvalue weighted by atomic mass is 32.2. The molecule has 2 amide bonds. The van der Waals surface area contributed by atoms with Crippen LogP contribution in [0.15, 0.2) is 35.3 Å². The number of nitrogens with zero attached hydrogens (tertiary/aromatic N) is 1. The maximum Gasteiger partial charge on any atom is 0.290 e. The molecule has 1 saturated heterocycles. The molecule has 2 N–H and O–H groups in total.